The Kier molecular flexibility index (Phi) is 6.67. The molecule has 0 unspecified atom stereocenters. The maximum absolute atomic E-state index is 5.56. The third-order valence-electron chi connectivity index (χ3n) is 2.89. The molecule has 0 aliphatic heterocycles. The Hall–Kier alpha value is -1.60. The van der Waals surface area contributed by atoms with Crippen LogP contribution in [0.3, 0.4) is 0 Å². The molecule has 0 spiro atoms. The second kappa shape index (κ2) is 8.75. The molecule has 1 heterocycles. The summed E-state index contributed by atoms with van der Waals surface area (Å²) in [5.41, 5.74) is 0.873. The van der Waals surface area contributed by atoms with Crippen LogP contribution < -0.4 is 15.4 Å². The lowest BCUT2D eigenvalue weighted by molar-refractivity contribution is 0.342. The van der Waals surface area contributed by atoms with Crippen molar-refractivity contribution in [1.82, 2.24) is 15.1 Å². The highest BCUT2D eigenvalue weighted by Crippen LogP contribution is 2.23. The van der Waals surface area contributed by atoms with Crippen molar-refractivity contribution in [1.29, 1.82) is 0 Å². The number of hydrogen-bond acceptors (Lipinski definition) is 3. The average Bonchev–Trinajstić information content (AvgIpc) is 2.92. The van der Waals surface area contributed by atoms with E-state index in [1.165, 1.54) is 0 Å². The van der Waals surface area contributed by atoms with Gasteiger partial charge in [0.15, 0.2) is 5.11 Å². The molecular weight excluding hydrogens is 364 g/mol. The van der Waals surface area contributed by atoms with Crippen LogP contribution in [0.4, 0.5) is 5.69 Å². The zero-order chi connectivity index (χ0) is 15.8. The lowest BCUT2D eigenvalue weighted by Gasteiger charge is -2.14. The molecule has 0 atom stereocenters. The molecule has 22 heavy (non-hydrogen) atoms. The quantitative estimate of drug-likeness (QED) is 0.567. The third-order valence-corrected chi connectivity index (χ3v) is 3.54. The van der Waals surface area contributed by atoms with Gasteiger partial charge in [0.25, 0.3) is 0 Å². The van der Waals surface area contributed by atoms with E-state index in [1.807, 2.05) is 42.1 Å². The van der Waals surface area contributed by atoms with Gasteiger partial charge < -0.3 is 15.4 Å². The number of anilines is 1. The molecule has 0 saturated carbocycles. The van der Waals surface area contributed by atoms with E-state index in [2.05, 4.69) is 31.7 Å². The molecule has 0 aliphatic rings. The Morgan fingerprint density at radius 1 is 1.41 bits per heavy atom. The highest BCUT2D eigenvalue weighted by molar-refractivity contribution is 9.10. The SMILES string of the molecule is CCOc1ccccc1NC(=S)NCCCn1cc(Br)cn1. The number of thiocarbonyl (C=S) groups is 1. The van der Waals surface area contributed by atoms with E-state index in [1.54, 1.807) is 6.20 Å². The Morgan fingerprint density at radius 2 is 2.23 bits per heavy atom. The van der Waals surface area contributed by atoms with Gasteiger partial charge in [-0.3, -0.25) is 4.68 Å². The molecule has 7 heteroatoms. The first-order valence-corrected chi connectivity index (χ1v) is 8.34. The Labute approximate surface area is 144 Å². The second-order valence-electron chi connectivity index (χ2n) is 4.59. The summed E-state index contributed by atoms with van der Waals surface area (Å²) in [6.45, 7) is 4.20. The monoisotopic (exact) mass is 382 g/mol. The number of nitrogens with zero attached hydrogens (tertiary/aromatic N) is 2. The first-order chi connectivity index (χ1) is 10.7. The van der Waals surface area contributed by atoms with Crippen molar-refractivity contribution < 1.29 is 4.74 Å². The predicted octanol–water partition coefficient (Wildman–Crippen LogP) is 3.42. The minimum Gasteiger partial charge on any atom is -0.492 e. The molecule has 0 radical (unpaired) electrons. The largest absolute Gasteiger partial charge is 0.492 e. The van der Waals surface area contributed by atoms with Gasteiger partial charge in [-0.1, -0.05) is 12.1 Å². The van der Waals surface area contributed by atoms with Gasteiger partial charge in [-0.25, -0.2) is 0 Å². The van der Waals surface area contributed by atoms with E-state index >= 15 is 0 Å². The van der Waals surface area contributed by atoms with Gasteiger partial charge in [0.05, 0.1) is 23.0 Å². The minimum atomic E-state index is 0.591. The molecule has 118 valence electrons. The number of aryl methyl sites for hydroxylation is 1. The van der Waals surface area contributed by atoms with Crippen LogP contribution in [0, 0.1) is 0 Å². The summed E-state index contributed by atoms with van der Waals surface area (Å²) in [6, 6.07) is 7.75. The normalized spacial score (nSPS) is 10.3. The van der Waals surface area contributed by atoms with Crippen molar-refractivity contribution >= 4 is 38.9 Å². The minimum absolute atomic E-state index is 0.591. The lowest BCUT2D eigenvalue weighted by atomic mass is 10.3. The molecule has 1 aromatic heterocycles. The van der Waals surface area contributed by atoms with Gasteiger partial charge in [-0.15, -0.1) is 0 Å². The molecule has 2 aromatic rings. The smallest absolute Gasteiger partial charge is 0.170 e. The first kappa shape index (κ1) is 16.8. The van der Waals surface area contributed by atoms with Crippen molar-refractivity contribution in [3.63, 3.8) is 0 Å². The number of aromatic nitrogens is 2. The fourth-order valence-corrected chi connectivity index (χ4v) is 2.46. The van der Waals surface area contributed by atoms with Crippen LogP contribution in [0.5, 0.6) is 5.75 Å². The van der Waals surface area contributed by atoms with E-state index in [9.17, 15) is 0 Å². The zero-order valence-electron chi connectivity index (χ0n) is 12.4. The second-order valence-corrected chi connectivity index (χ2v) is 5.91. The number of nitrogens with one attached hydrogen (secondary N) is 2. The maximum atomic E-state index is 5.56. The summed E-state index contributed by atoms with van der Waals surface area (Å²) >= 11 is 8.69. The molecule has 0 fully saturated rings. The highest BCUT2D eigenvalue weighted by atomic mass is 79.9. The zero-order valence-corrected chi connectivity index (χ0v) is 14.8. The Balaban J connectivity index is 1.74. The van der Waals surface area contributed by atoms with E-state index < -0.39 is 0 Å². The number of ether oxygens (including phenoxy) is 1. The molecule has 2 rings (SSSR count). The van der Waals surface area contributed by atoms with Crippen LogP contribution in [0.1, 0.15) is 13.3 Å². The van der Waals surface area contributed by atoms with Crippen LogP contribution in [0.25, 0.3) is 0 Å². The van der Waals surface area contributed by atoms with Crippen LogP contribution in [0.2, 0.25) is 0 Å². The maximum Gasteiger partial charge on any atom is 0.170 e. The van der Waals surface area contributed by atoms with E-state index in [0.29, 0.717) is 11.7 Å². The molecule has 0 aliphatic carbocycles. The number of rotatable bonds is 7. The number of para-hydroxylation sites is 2. The molecule has 1 aromatic carbocycles. The van der Waals surface area contributed by atoms with Crippen molar-refractivity contribution in [2.75, 3.05) is 18.5 Å². The third kappa shape index (κ3) is 5.31. The van der Waals surface area contributed by atoms with Crippen molar-refractivity contribution in [2.24, 2.45) is 0 Å². The standard InChI is InChI=1S/C15H19BrN4OS/c1-2-21-14-7-4-3-6-13(14)19-15(22)17-8-5-9-20-11-12(16)10-18-20/h3-4,6-7,10-11H,2,5,8-9H2,1H3,(H2,17,19,22). The van der Waals surface area contributed by atoms with Gasteiger partial charge >= 0.3 is 0 Å². The number of halogens is 1. The van der Waals surface area contributed by atoms with Crippen LogP contribution in [0.15, 0.2) is 41.1 Å². The molecule has 2 N–H and O–H groups in total. The van der Waals surface area contributed by atoms with Gasteiger partial charge in [-0.05, 0) is 53.6 Å². The molecule has 5 nitrogen and oxygen atoms in total. The summed E-state index contributed by atoms with van der Waals surface area (Å²) in [7, 11) is 0. The highest BCUT2D eigenvalue weighted by Gasteiger charge is 2.04. The first-order valence-electron chi connectivity index (χ1n) is 7.13. The number of hydrogen-bond donors (Lipinski definition) is 2. The summed E-state index contributed by atoms with van der Waals surface area (Å²) in [5, 5.41) is 11.2. The molecule has 0 amide bonds. The van der Waals surface area contributed by atoms with Crippen LogP contribution in [-0.4, -0.2) is 28.0 Å². The van der Waals surface area contributed by atoms with Gasteiger partial charge in [-0.2, -0.15) is 5.10 Å². The molecular formula is C15H19BrN4OS. The van der Waals surface area contributed by atoms with Gasteiger partial charge in [0.2, 0.25) is 0 Å². The topological polar surface area (TPSA) is 51.1 Å². The van der Waals surface area contributed by atoms with E-state index in [4.69, 9.17) is 17.0 Å². The van der Waals surface area contributed by atoms with E-state index in [-0.39, 0.29) is 0 Å². The van der Waals surface area contributed by atoms with Crippen LogP contribution in [-0.2, 0) is 6.54 Å². The summed E-state index contributed by atoms with van der Waals surface area (Å²) in [6.07, 6.45) is 4.67. The van der Waals surface area contributed by atoms with Gasteiger partial charge in [0.1, 0.15) is 5.75 Å². The summed E-state index contributed by atoms with van der Waals surface area (Å²) in [5.74, 6) is 0.801. The fraction of sp³-hybridized carbons (Fsp3) is 0.333. The Bertz CT molecular complexity index is 617. The Morgan fingerprint density at radius 3 is 2.95 bits per heavy atom. The summed E-state index contributed by atoms with van der Waals surface area (Å²) in [4.78, 5) is 0. The fourth-order valence-electron chi connectivity index (χ4n) is 1.92. The van der Waals surface area contributed by atoms with Crippen LogP contribution >= 0.6 is 28.1 Å². The van der Waals surface area contributed by atoms with Crippen molar-refractivity contribution in [2.45, 2.75) is 19.9 Å². The van der Waals surface area contributed by atoms with Crippen molar-refractivity contribution in [3.05, 3.63) is 41.1 Å². The summed E-state index contributed by atoms with van der Waals surface area (Å²) < 4.78 is 8.44. The molecule has 0 bridgehead atoms. The number of benzene rings is 1. The lowest BCUT2D eigenvalue weighted by Crippen LogP contribution is -2.30. The molecule has 0 saturated heterocycles. The van der Waals surface area contributed by atoms with E-state index in [0.717, 1.165) is 35.4 Å². The predicted molar refractivity (Wildman–Crippen MR) is 96.4 cm³/mol. The average molecular weight is 383 g/mol. The van der Waals surface area contributed by atoms with Crippen molar-refractivity contribution in [3.8, 4) is 5.75 Å². The van der Waals surface area contributed by atoms with Gasteiger partial charge in [0, 0.05) is 19.3 Å².